The first-order chi connectivity index (χ1) is 12.5. The van der Waals surface area contributed by atoms with Gasteiger partial charge in [0, 0.05) is 50.6 Å². The Hall–Kier alpha value is -1.10. The van der Waals surface area contributed by atoms with Gasteiger partial charge in [0.25, 0.3) is 0 Å². The normalized spacial score (nSPS) is 16.6. The van der Waals surface area contributed by atoms with Crippen LogP contribution in [0.3, 0.4) is 0 Å². The van der Waals surface area contributed by atoms with E-state index in [0.29, 0.717) is 12.3 Å². The molecule has 1 aromatic carbocycles. The average molecular weight is 380 g/mol. The fourth-order valence-electron chi connectivity index (χ4n) is 3.49. The van der Waals surface area contributed by atoms with Gasteiger partial charge in [0.1, 0.15) is 0 Å². The van der Waals surface area contributed by atoms with E-state index >= 15 is 0 Å². The maximum absolute atomic E-state index is 11.9. The summed E-state index contributed by atoms with van der Waals surface area (Å²) in [6.45, 7) is 10.9. The van der Waals surface area contributed by atoms with Gasteiger partial charge in [-0.15, -0.1) is 11.6 Å². The smallest absolute Gasteiger partial charge is 0.220 e. The Kier molecular flexibility index (Phi) is 8.89. The highest BCUT2D eigenvalue weighted by Gasteiger charge is 2.21. The van der Waals surface area contributed by atoms with E-state index in [1.54, 1.807) is 0 Å². The molecule has 0 spiro atoms. The number of carbonyl (C=O) groups is 1. The van der Waals surface area contributed by atoms with Crippen molar-refractivity contribution in [1.82, 2.24) is 15.1 Å². The van der Waals surface area contributed by atoms with E-state index in [2.05, 4.69) is 59.3 Å². The second-order valence-electron chi connectivity index (χ2n) is 7.93. The van der Waals surface area contributed by atoms with Crippen LogP contribution in [0.15, 0.2) is 30.3 Å². The van der Waals surface area contributed by atoms with Crippen molar-refractivity contribution in [3.05, 3.63) is 35.9 Å². The second kappa shape index (κ2) is 10.9. The molecular weight excluding hydrogens is 346 g/mol. The lowest BCUT2D eigenvalue weighted by molar-refractivity contribution is -0.122. The second-order valence-corrected chi connectivity index (χ2v) is 8.31. The molecule has 0 radical (unpaired) electrons. The van der Waals surface area contributed by atoms with Crippen molar-refractivity contribution in [3.63, 3.8) is 0 Å². The van der Waals surface area contributed by atoms with E-state index in [1.165, 1.54) is 5.56 Å². The van der Waals surface area contributed by atoms with Gasteiger partial charge in [-0.25, -0.2) is 0 Å². The third-order valence-corrected chi connectivity index (χ3v) is 5.27. The number of benzene rings is 1. The van der Waals surface area contributed by atoms with Gasteiger partial charge in [0.2, 0.25) is 5.91 Å². The van der Waals surface area contributed by atoms with E-state index in [4.69, 9.17) is 11.6 Å². The zero-order valence-electron chi connectivity index (χ0n) is 16.3. The topological polar surface area (TPSA) is 35.6 Å². The molecule has 1 heterocycles. The van der Waals surface area contributed by atoms with E-state index in [-0.39, 0.29) is 11.4 Å². The van der Waals surface area contributed by atoms with Gasteiger partial charge in [-0.05, 0) is 45.2 Å². The fraction of sp³-hybridized carbons (Fsp3) is 0.667. The number of nitrogens with zero attached hydrogens (tertiary/aromatic N) is 2. The maximum atomic E-state index is 11.9. The van der Waals surface area contributed by atoms with Crippen LogP contribution in [0.5, 0.6) is 0 Å². The molecule has 4 nitrogen and oxygen atoms in total. The third kappa shape index (κ3) is 8.07. The Morgan fingerprint density at radius 2 is 1.73 bits per heavy atom. The molecule has 1 aliphatic rings. The standard InChI is InChI=1S/C21H34ClN3O/c1-21(2,23-20(26)10-6-12-22)11-7-13-24-14-16-25(17-15-24)18-19-8-4-3-5-9-19/h3-5,8-9H,6-7,10-18H2,1-2H3,(H,23,26). The van der Waals surface area contributed by atoms with E-state index < -0.39 is 0 Å². The molecule has 1 saturated heterocycles. The number of amides is 1. The Bertz CT molecular complexity index is 527. The third-order valence-electron chi connectivity index (χ3n) is 5.01. The summed E-state index contributed by atoms with van der Waals surface area (Å²) in [6.07, 6.45) is 3.39. The molecule has 0 aromatic heterocycles. The summed E-state index contributed by atoms with van der Waals surface area (Å²) < 4.78 is 0. The minimum Gasteiger partial charge on any atom is -0.351 e. The van der Waals surface area contributed by atoms with Crippen molar-refractivity contribution in [3.8, 4) is 0 Å². The van der Waals surface area contributed by atoms with Gasteiger partial charge >= 0.3 is 0 Å². The number of hydrogen-bond acceptors (Lipinski definition) is 3. The lowest BCUT2D eigenvalue weighted by atomic mass is 9.97. The summed E-state index contributed by atoms with van der Waals surface area (Å²) >= 11 is 5.65. The molecule has 0 bridgehead atoms. The van der Waals surface area contributed by atoms with Gasteiger partial charge in [-0.2, -0.15) is 0 Å². The van der Waals surface area contributed by atoms with Gasteiger partial charge in [-0.1, -0.05) is 30.3 Å². The number of piperazine rings is 1. The lowest BCUT2D eigenvalue weighted by Gasteiger charge is -2.35. The highest BCUT2D eigenvalue weighted by Crippen LogP contribution is 2.14. The Morgan fingerprint density at radius 1 is 1.08 bits per heavy atom. The van der Waals surface area contributed by atoms with Crippen LogP contribution >= 0.6 is 11.6 Å². The van der Waals surface area contributed by atoms with Gasteiger partial charge < -0.3 is 10.2 Å². The molecule has 146 valence electrons. The fourth-order valence-corrected chi connectivity index (χ4v) is 3.62. The molecule has 1 fully saturated rings. The summed E-state index contributed by atoms with van der Waals surface area (Å²) in [5.41, 5.74) is 1.26. The van der Waals surface area contributed by atoms with Gasteiger partial charge in [0.15, 0.2) is 0 Å². The van der Waals surface area contributed by atoms with Crippen LogP contribution in [0.1, 0.15) is 45.1 Å². The number of hydrogen-bond donors (Lipinski definition) is 1. The summed E-state index contributed by atoms with van der Waals surface area (Å²) in [5, 5.41) is 3.14. The highest BCUT2D eigenvalue weighted by molar-refractivity contribution is 6.17. The van der Waals surface area contributed by atoms with Crippen molar-refractivity contribution >= 4 is 17.5 Å². The molecule has 0 atom stereocenters. The number of carbonyl (C=O) groups excluding carboxylic acids is 1. The maximum Gasteiger partial charge on any atom is 0.220 e. The number of nitrogens with one attached hydrogen (secondary N) is 1. The Labute approximate surface area is 163 Å². The van der Waals surface area contributed by atoms with Crippen molar-refractivity contribution in [2.45, 2.75) is 51.6 Å². The number of rotatable bonds is 10. The van der Waals surface area contributed by atoms with Crippen LogP contribution in [-0.4, -0.2) is 59.8 Å². The molecule has 0 aliphatic carbocycles. The summed E-state index contributed by atoms with van der Waals surface area (Å²) in [6, 6.07) is 10.7. The van der Waals surface area contributed by atoms with E-state index in [9.17, 15) is 4.79 Å². The van der Waals surface area contributed by atoms with Gasteiger partial charge in [0.05, 0.1) is 0 Å². The SMILES string of the molecule is CC(C)(CCCN1CCN(Cc2ccccc2)CC1)NC(=O)CCCCl. The zero-order valence-corrected chi connectivity index (χ0v) is 17.1. The van der Waals surface area contributed by atoms with Crippen molar-refractivity contribution in [2.75, 3.05) is 38.6 Å². The molecule has 1 aromatic rings. The van der Waals surface area contributed by atoms with Crippen LogP contribution in [0.4, 0.5) is 0 Å². The summed E-state index contributed by atoms with van der Waals surface area (Å²) in [4.78, 5) is 17.0. The van der Waals surface area contributed by atoms with Gasteiger partial charge in [-0.3, -0.25) is 9.69 Å². The quantitative estimate of drug-likeness (QED) is 0.632. The molecule has 5 heteroatoms. The van der Waals surface area contributed by atoms with Crippen LogP contribution in [0, 0.1) is 0 Å². The molecule has 1 aliphatic heterocycles. The molecule has 26 heavy (non-hydrogen) atoms. The predicted molar refractivity (Wildman–Crippen MR) is 110 cm³/mol. The molecular formula is C21H34ClN3O. The monoisotopic (exact) mass is 379 g/mol. The first kappa shape index (κ1) is 21.2. The van der Waals surface area contributed by atoms with Crippen LogP contribution in [-0.2, 0) is 11.3 Å². The van der Waals surface area contributed by atoms with Crippen LogP contribution in [0.25, 0.3) is 0 Å². The van der Waals surface area contributed by atoms with E-state index in [1.807, 2.05) is 0 Å². The Morgan fingerprint density at radius 3 is 2.38 bits per heavy atom. The largest absolute Gasteiger partial charge is 0.351 e. The Balaban J connectivity index is 1.61. The molecule has 1 amide bonds. The minimum atomic E-state index is -0.140. The summed E-state index contributed by atoms with van der Waals surface area (Å²) in [7, 11) is 0. The lowest BCUT2D eigenvalue weighted by Crippen LogP contribution is -2.47. The molecule has 0 saturated carbocycles. The molecule has 1 N–H and O–H groups in total. The molecule has 2 rings (SSSR count). The highest BCUT2D eigenvalue weighted by atomic mass is 35.5. The minimum absolute atomic E-state index is 0.116. The first-order valence-corrected chi connectivity index (χ1v) is 10.4. The van der Waals surface area contributed by atoms with Crippen molar-refractivity contribution in [2.24, 2.45) is 0 Å². The van der Waals surface area contributed by atoms with Crippen molar-refractivity contribution < 1.29 is 4.79 Å². The van der Waals surface area contributed by atoms with Crippen LogP contribution < -0.4 is 5.32 Å². The van der Waals surface area contributed by atoms with Crippen LogP contribution in [0.2, 0.25) is 0 Å². The molecule has 0 unspecified atom stereocenters. The average Bonchev–Trinajstić information content (AvgIpc) is 2.62. The number of halogens is 1. The predicted octanol–water partition coefficient (Wildman–Crippen LogP) is 3.50. The zero-order chi connectivity index (χ0) is 18.8. The first-order valence-electron chi connectivity index (χ1n) is 9.84. The van der Waals surface area contributed by atoms with E-state index in [0.717, 1.165) is 58.5 Å². The van der Waals surface area contributed by atoms with Crippen molar-refractivity contribution in [1.29, 1.82) is 0 Å². The number of alkyl halides is 1. The summed E-state index contributed by atoms with van der Waals surface area (Å²) in [5.74, 6) is 0.662.